The lowest BCUT2D eigenvalue weighted by Crippen LogP contribution is -2.37. The van der Waals surface area contributed by atoms with Crippen LogP contribution in [0.25, 0.3) is 0 Å². The molecule has 6 heteroatoms. The first-order valence-corrected chi connectivity index (χ1v) is 7.78. The van der Waals surface area contributed by atoms with Crippen LogP contribution in [0.3, 0.4) is 0 Å². The largest absolute Gasteiger partial charge is 0.351 e. The number of likely N-dealkylation sites (N-methyl/N-ethyl adjacent to an activating group) is 1. The first kappa shape index (κ1) is 15.7. The van der Waals surface area contributed by atoms with E-state index >= 15 is 0 Å². The van der Waals surface area contributed by atoms with Gasteiger partial charge in [0.15, 0.2) is 0 Å². The molecule has 1 aliphatic rings. The average molecular weight is 334 g/mol. The van der Waals surface area contributed by atoms with Crippen molar-refractivity contribution in [3.63, 3.8) is 0 Å². The normalized spacial score (nSPS) is 19.3. The standard InChI is InChI=1S/C17H17ClFN3O/c1-22(16-6-5-12(18)9-20-16)10-17(23)21-15-8-14(15)11-3-2-4-13(19)7-11/h2-7,9,14-15H,8,10H2,1H3,(H,21,23)/t14-,15+/m0/s1. The molecule has 120 valence electrons. The van der Waals surface area contributed by atoms with Crippen LogP contribution >= 0.6 is 11.6 Å². The van der Waals surface area contributed by atoms with Crippen molar-refractivity contribution in [3.8, 4) is 0 Å². The molecule has 1 N–H and O–H groups in total. The number of carbonyl (C=O) groups excluding carboxylic acids is 1. The number of rotatable bonds is 5. The van der Waals surface area contributed by atoms with Gasteiger partial charge in [0.05, 0.1) is 11.6 Å². The summed E-state index contributed by atoms with van der Waals surface area (Å²) in [6, 6.07) is 10.1. The van der Waals surface area contributed by atoms with Crippen molar-refractivity contribution in [1.29, 1.82) is 0 Å². The van der Waals surface area contributed by atoms with E-state index in [1.165, 1.54) is 12.1 Å². The second-order valence-corrected chi connectivity index (χ2v) is 6.20. The third-order valence-corrected chi connectivity index (χ3v) is 4.12. The summed E-state index contributed by atoms with van der Waals surface area (Å²) in [6.45, 7) is 0.209. The monoisotopic (exact) mass is 333 g/mol. The molecule has 0 radical (unpaired) electrons. The molecular formula is C17H17ClFN3O. The number of nitrogens with zero attached hydrogens (tertiary/aromatic N) is 2. The maximum absolute atomic E-state index is 13.2. The Kier molecular flexibility index (Phi) is 4.48. The van der Waals surface area contributed by atoms with Gasteiger partial charge in [-0.05, 0) is 36.2 Å². The zero-order valence-electron chi connectivity index (χ0n) is 12.7. The molecule has 1 saturated carbocycles. The Labute approximate surface area is 139 Å². The number of anilines is 1. The van der Waals surface area contributed by atoms with Gasteiger partial charge in [0, 0.05) is 25.2 Å². The Balaban J connectivity index is 1.51. The minimum absolute atomic E-state index is 0.0758. The van der Waals surface area contributed by atoms with Crippen LogP contribution in [0.2, 0.25) is 5.02 Å². The van der Waals surface area contributed by atoms with E-state index in [-0.39, 0.29) is 30.2 Å². The lowest BCUT2D eigenvalue weighted by Gasteiger charge is -2.17. The van der Waals surface area contributed by atoms with Crippen molar-refractivity contribution >= 4 is 23.3 Å². The zero-order valence-corrected chi connectivity index (χ0v) is 13.4. The predicted octanol–water partition coefficient (Wildman–Crippen LogP) is 2.98. The van der Waals surface area contributed by atoms with Crippen molar-refractivity contribution in [2.45, 2.75) is 18.4 Å². The molecule has 1 aliphatic carbocycles. The molecule has 2 atom stereocenters. The number of carbonyl (C=O) groups is 1. The van der Waals surface area contributed by atoms with Gasteiger partial charge in [-0.25, -0.2) is 9.37 Å². The van der Waals surface area contributed by atoms with Crippen molar-refractivity contribution in [2.24, 2.45) is 0 Å². The lowest BCUT2D eigenvalue weighted by atomic mass is 10.1. The van der Waals surface area contributed by atoms with Gasteiger partial charge >= 0.3 is 0 Å². The highest BCUT2D eigenvalue weighted by Crippen LogP contribution is 2.40. The highest BCUT2D eigenvalue weighted by molar-refractivity contribution is 6.30. The molecule has 1 aromatic carbocycles. The summed E-state index contributed by atoms with van der Waals surface area (Å²) >= 11 is 5.80. The third kappa shape index (κ3) is 3.99. The van der Waals surface area contributed by atoms with Gasteiger partial charge < -0.3 is 10.2 Å². The topological polar surface area (TPSA) is 45.2 Å². The molecule has 0 aliphatic heterocycles. The van der Waals surface area contributed by atoms with Crippen LogP contribution in [0, 0.1) is 5.82 Å². The summed E-state index contributed by atoms with van der Waals surface area (Å²) in [5.74, 6) is 0.566. The van der Waals surface area contributed by atoms with E-state index in [4.69, 9.17) is 11.6 Å². The number of aromatic nitrogens is 1. The van der Waals surface area contributed by atoms with Crippen LogP contribution in [0.15, 0.2) is 42.6 Å². The molecule has 4 nitrogen and oxygen atoms in total. The van der Waals surface area contributed by atoms with Crippen molar-refractivity contribution in [3.05, 3.63) is 59.0 Å². The maximum atomic E-state index is 13.2. The van der Waals surface area contributed by atoms with Gasteiger partial charge in [-0.1, -0.05) is 23.7 Å². The number of pyridine rings is 1. The van der Waals surface area contributed by atoms with Crippen LogP contribution in [-0.2, 0) is 4.79 Å². The molecule has 1 fully saturated rings. The first-order chi connectivity index (χ1) is 11.0. The number of amides is 1. The summed E-state index contributed by atoms with van der Waals surface area (Å²) < 4.78 is 13.2. The fourth-order valence-electron chi connectivity index (χ4n) is 2.60. The fourth-order valence-corrected chi connectivity index (χ4v) is 2.71. The molecule has 1 heterocycles. The number of hydrogen-bond donors (Lipinski definition) is 1. The number of halogens is 2. The van der Waals surface area contributed by atoms with Crippen LogP contribution in [0.4, 0.5) is 10.2 Å². The molecule has 0 bridgehead atoms. The molecule has 1 amide bonds. The molecule has 0 saturated heterocycles. The summed E-state index contributed by atoms with van der Waals surface area (Å²) in [4.78, 5) is 18.0. The third-order valence-electron chi connectivity index (χ3n) is 3.90. The van der Waals surface area contributed by atoms with E-state index in [1.807, 2.05) is 6.07 Å². The summed E-state index contributed by atoms with van der Waals surface area (Å²) in [5, 5.41) is 3.53. The van der Waals surface area contributed by atoms with Gasteiger partial charge in [0.1, 0.15) is 11.6 Å². The maximum Gasteiger partial charge on any atom is 0.239 e. The quantitative estimate of drug-likeness (QED) is 0.915. The van der Waals surface area contributed by atoms with Crippen LogP contribution in [0.1, 0.15) is 17.9 Å². The molecule has 0 unspecified atom stereocenters. The van der Waals surface area contributed by atoms with Crippen molar-refractivity contribution < 1.29 is 9.18 Å². The van der Waals surface area contributed by atoms with Gasteiger partial charge in [0.25, 0.3) is 0 Å². The molecule has 0 spiro atoms. The Hall–Kier alpha value is -2.14. The second kappa shape index (κ2) is 6.54. The molecule has 23 heavy (non-hydrogen) atoms. The van der Waals surface area contributed by atoms with Crippen molar-refractivity contribution in [1.82, 2.24) is 10.3 Å². The van der Waals surface area contributed by atoms with E-state index in [0.717, 1.165) is 12.0 Å². The van der Waals surface area contributed by atoms with Gasteiger partial charge in [0.2, 0.25) is 5.91 Å². The van der Waals surface area contributed by atoms with E-state index < -0.39 is 0 Å². The summed E-state index contributed by atoms with van der Waals surface area (Å²) in [7, 11) is 1.80. The van der Waals surface area contributed by atoms with Gasteiger partial charge in [-0.3, -0.25) is 4.79 Å². The van der Waals surface area contributed by atoms with Crippen LogP contribution < -0.4 is 10.2 Å². The Bertz CT molecular complexity index is 707. The van der Waals surface area contributed by atoms with E-state index in [0.29, 0.717) is 10.8 Å². The highest BCUT2D eigenvalue weighted by Gasteiger charge is 2.39. The lowest BCUT2D eigenvalue weighted by molar-refractivity contribution is -0.119. The SMILES string of the molecule is CN(CC(=O)N[C@@H]1C[C@H]1c1cccc(F)c1)c1ccc(Cl)cn1. The molecule has 3 rings (SSSR count). The minimum atomic E-state index is -0.243. The highest BCUT2D eigenvalue weighted by atomic mass is 35.5. The van der Waals surface area contributed by atoms with Crippen LogP contribution in [-0.4, -0.2) is 30.5 Å². The zero-order chi connectivity index (χ0) is 16.4. The van der Waals surface area contributed by atoms with E-state index in [9.17, 15) is 9.18 Å². The molecule has 2 aromatic rings. The molecular weight excluding hydrogens is 317 g/mol. The second-order valence-electron chi connectivity index (χ2n) is 5.76. The Morgan fingerprint density at radius 2 is 2.26 bits per heavy atom. The predicted molar refractivity (Wildman–Crippen MR) is 88.2 cm³/mol. The summed E-state index contributed by atoms with van der Waals surface area (Å²) in [5.41, 5.74) is 0.933. The van der Waals surface area contributed by atoms with E-state index in [1.54, 1.807) is 36.3 Å². The van der Waals surface area contributed by atoms with Gasteiger partial charge in [-0.15, -0.1) is 0 Å². The Morgan fingerprint density at radius 1 is 1.43 bits per heavy atom. The minimum Gasteiger partial charge on any atom is -0.351 e. The first-order valence-electron chi connectivity index (χ1n) is 7.40. The number of hydrogen-bond acceptors (Lipinski definition) is 3. The number of nitrogens with one attached hydrogen (secondary N) is 1. The Morgan fingerprint density at radius 3 is 2.96 bits per heavy atom. The van der Waals surface area contributed by atoms with E-state index in [2.05, 4.69) is 10.3 Å². The summed E-state index contributed by atoms with van der Waals surface area (Å²) in [6.07, 6.45) is 2.39. The smallest absolute Gasteiger partial charge is 0.239 e. The average Bonchev–Trinajstić information content (AvgIpc) is 3.26. The van der Waals surface area contributed by atoms with Crippen molar-refractivity contribution in [2.75, 3.05) is 18.5 Å². The fraction of sp³-hybridized carbons (Fsp3) is 0.294. The number of benzene rings is 1. The van der Waals surface area contributed by atoms with Gasteiger partial charge in [-0.2, -0.15) is 0 Å². The molecule has 1 aromatic heterocycles. The van der Waals surface area contributed by atoms with Crippen LogP contribution in [0.5, 0.6) is 0 Å².